The van der Waals surface area contributed by atoms with Crippen LogP contribution in [0.25, 0.3) is 0 Å². The van der Waals surface area contributed by atoms with Gasteiger partial charge in [-0.2, -0.15) is 0 Å². The minimum Gasteiger partial charge on any atom is -0.388 e. The zero-order valence-corrected chi connectivity index (χ0v) is 9.15. The summed E-state index contributed by atoms with van der Waals surface area (Å²) in [6.07, 6.45) is 3.65. The second kappa shape index (κ2) is 6.10. The molecule has 0 aliphatic carbocycles. The van der Waals surface area contributed by atoms with Crippen molar-refractivity contribution < 1.29 is 0 Å². The lowest BCUT2D eigenvalue weighted by Crippen LogP contribution is -2.14. The van der Waals surface area contributed by atoms with E-state index >= 15 is 0 Å². The quantitative estimate of drug-likeness (QED) is 0.669. The summed E-state index contributed by atoms with van der Waals surface area (Å²) >= 11 is 0. The molecule has 1 heteroatoms. The lowest BCUT2D eigenvalue weighted by molar-refractivity contribution is 0.615. The Balaban J connectivity index is 0.000000561. The summed E-state index contributed by atoms with van der Waals surface area (Å²) in [5, 5.41) is 3.42. The van der Waals surface area contributed by atoms with Gasteiger partial charge in [-0.3, -0.25) is 0 Å². The monoisotopic (exact) mass is 169 g/mol. The van der Waals surface area contributed by atoms with Crippen LogP contribution in [-0.4, -0.2) is 6.54 Å². The molecule has 1 aliphatic heterocycles. The molecule has 0 amide bonds. The van der Waals surface area contributed by atoms with E-state index in [-0.39, 0.29) is 0 Å². The molecule has 0 bridgehead atoms. The Hall–Kier alpha value is -0.460. The van der Waals surface area contributed by atoms with Crippen molar-refractivity contribution in [2.75, 3.05) is 6.54 Å². The molecule has 1 rings (SSSR count). The molecule has 1 nitrogen and oxygen atoms in total. The first-order chi connectivity index (χ1) is 5.74. The van der Waals surface area contributed by atoms with E-state index in [1.807, 2.05) is 13.8 Å². The average molecular weight is 169 g/mol. The second-order valence-electron chi connectivity index (χ2n) is 3.33. The molecule has 0 aromatic carbocycles. The maximum absolute atomic E-state index is 3.42. The third-order valence-corrected chi connectivity index (χ3v) is 2.13. The molecule has 0 spiro atoms. The third kappa shape index (κ3) is 3.29. The highest BCUT2D eigenvalue weighted by Crippen LogP contribution is 2.18. The third-order valence-electron chi connectivity index (χ3n) is 2.13. The Labute approximate surface area is 77.2 Å². The number of hydrogen-bond acceptors (Lipinski definition) is 1. The van der Waals surface area contributed by atoms with E-state index in [0.29, 0.717) is 5.92 Å². The van der Waals surface area contributed by atoms with Crippen LogP contribution in [0.15, 0.2) is 11.8 Å². The van der Waals surface area contributed by atoms with Crippen molar-refractivity contribution >= 4 is 0 Å². The molecule has 1 atom stereocenters. The van der Waals surface area contributed by atoms with Gasteiger partial charge in [0, 0.05) is 12.2 Å². The van der Waals surface area contributed by atoms with Gasteiger partial charge in [0.05, 0.1) is 0 Å². The maximum Gasteiger partial charge on any atom is 0.0207 e. The molecule has 0 saturated heterocycles. The van der Waals surface area contributed by atoms with Gasteiger partial charge in [-0.15, -0.1) is 0 Å². The highest BCUT2D eigenvalue weighted by Gasteiger charge is 2.14. The summed E-state index contributed by atoms with van der Waals surface area (Å²) in [7, 11) is 0. The largest absolute Gasteiger partial charge is 0.388 e. The fraction of sp³-hybridized carbons (Fsp3) is 0.818. The van der Waals surface area contributed by atoms with Gasteiger partial charge in [0.25, 0.3) is 0 Å². The van der Waals surface area contributed by atoms with Crippen molar-refractivity contribution in [1.29, 1.82) is 0 Å². The zero-order chi connectivity index (χ0) is 9.56. The molecule has 72 valence electrons. The molecule has 0 saturated carbocycles. The number of nitrogens with one attached hydrogen (secondary N) is 1. The van der Waals surface area contributed by atoms with Crippen molar-refractivity contribution in [3.63, 3.8) is 0 Å². The van der Waals surface area contributed by atoms with Gasteiger partial charge < -0.3 is 5.32 Å². The average Bonchev–Trinajstić information content (AvgIpc) is 2.55. The van der Waals surface area contributed by atoms with Gasteiger partial charge in [-0.25, -0.2) is 0 Å². The lowest BCUT2D eigenvalue weighted by Gasteiger charge is -2.05. The van der Waals surface area contributed by atoms with Crippen LogP contribution in [-0.2, 0) is 0 Å². The summed E-state index contributed by atoms with van der Waals surface area (Å²) in [6.45, 7) is 11.9. The van der Waals surface area contributed by atoms with Crippen molar-refractivity contribution in [2.45, 2.75) is 41.0 Å². The highest BCUT2D eigenvalue weighted by molar-refractivity contribution is 5.11. The maximum atomic E-state index is 3.42. The van der Waals surface area contributed by atoms with Crippen molar-refractivity contribution in [3.8, 4) is 0 Å². The summed E-state index contributed by atoms with van der Waals surface area (Å²) in [6, 6.07) is 0. The summed E-state index contributed by atoms with van der Waals surface area (Å²) in [4.78, 5) is 0. The zero-order valence-electron chi connectivity index (χ0n) is 9.15. The van der Waals surface area contributed by atoms with Crippen LogP contribution in [0.3, 0.4) is 0 Å². The molecule has 1 aliphatic rings. The van der Waals surface area contributed by atoms with E-state index < -0.39 is 0 Å². The van der Waals surface area contributed by atoms with Gasteiger partial charge >= 0.3 is 0 Å². The molecule has 0 fully saturated rings. The van der Waals surface area contributed by atoms with Crippen LogP contribution in [0.2, 0.25) is 0 Å². The van der Waals surface area contributed by atoms with Gasteiger partial charge in [-0.05, 0) is 18.3 Å². The van der Waals surface area contributed by atoms with Gasteiger partial charge in [0.15, 0.2) is 0 Å². The van der Waals surface area contributed by atoms with E-state index in [1.54, 1.807) is 0 Å². The number of allylic oxidation sites excluding steroid dienone is 1. The minimum absolute atomic E-state index is 0.677. The number of rotatable bonds is 2. The molecule has 0 radical (unpaired) electrons. The van der Waals surface area contributed by atoms with Gasteiger partial charge in [0.1, 0.15) is 0 Å². The highest BCUT2D eigenvalue weighted by atomic mass is 14.9. The number of hydrogen-bond donors (Lipinski definition) is 1. The molecule has 1 unspecified atom stereocenters. The predicted molar refractivity (Wildman–Crippen MR) is 56.1 cm³/mol. The van der Waals surface area contributed by atoms with Gasteiger partial charge in [0.2, 0.25) is 0 Å². The first kappa shape index (κ1) is 11.5. The normalized spacial score (nSPS) is 21.2. The van der Waals surface area contributed by atoms with E-state index in [2.05, 4.69) is 32.2 Å². The topological polar surface area (TPSA) is 12.0 Å². The predicted octanol–water partition coefficient (Wildman–Crippen LogP) is 3.18. The molecule has 12 heavy (non-hydrogen) atoms. The van der Waals surface area contributed by atoms with Crippen LogP contribution >= 0.6 is 0 Å². The smallest absolute Gasteiger partial charge is 0.0207 e. The lowest BCUT2D eigenvalue weighted by atomic mass is 10.1. The summed E-state index contributed by atoms with van der Waals surface area (Å²) in [5.41, 5.74) is 1.44. The molecule has 1 heterocycles. The fourth-order valence-corrected chi connectivity index (χ4v) is 1.28. The summed E-state index contributed by atoms with van der Waals surface area (Å²) < 4.78 is 0. The van der Waals surface area contributed by atoms with Gasteiger partial charge in [-0.1, -0.05) is 40.7 Å². The molecular weight excluding hydrogens is 146 g/mol. The SMILES string of the molecule is CC.CCC1C=C(C(C)C)NC1. The van der Waals surface area contributed by atoms with Crippen molar-refractivity contribution in [3.05, 3.63) is 11.8 Å². The van der Waals surface area contributed by atoms with Crippen LogP contribution in [0.5, 0.6) is 0 Å². The van der Waals surface area contributed by atoms with Crippen LogP contribution < -0.4 is 5.32 Å². The van der Waals surface area contributed by atoms with E-state index in [4.69, 9.17) is 0 Å². The second-order valence-corrected chi connectivity index (χ2v) is 3.33. The van der Waals surface area contributed by atoms with E-state index in [0.717, 1.165) is 12.5 Å². The Morgan fingerprint density at radius 3 is 2.33 bits per heavy atom. The first-order valence-electron chi connectivity index (χ1n) is 5.19. The Kier molecular flexibility index (Phi) is 5.87. The Bertz CT molecular complexity index is 136. The van der Waals surface area contributed by atoms with Crippen molar-refractivity contribution in [1.82, 2.24) is 5.32 Å². The Morgan fingerprint density at radius 1 is 1.50 bits per heavy atom. The molecule has 0 aromatic rings. The van der Waals surface area contributed by atoms with E-state index in [1.165, 1.54) is 12.1 Å². The van der Waals surface area contributed by atoms with E-state index in [9.17, 15) is 0 Å². The Morgan fingerprint density at radius 2 is 2.08 bits per heavy atom. The van der Waals surface area contributed by atoms with Crippen molar-refractivity contribution in [2.24, 2.45) is 11.8 Å². The first-order valence-corrected chi connectivity index (χ1v) is 5.19. The van der Waals surface area contributed by atoms with Crippen LogP contribution in [0, 0.1) is 11.8 Å². The standard InChI is InChI=1S/C9H17N.C2H6/c1-4-8-5-9(7(2)3)10-6-8;1-2/h5,7-8,10H,4,6H2,1-3H3;1-2H3. The molecule has 1 N–H and O–H groups in total. The fourth-order valence-electron chi connectivity index (χ4n) is 1.28. The minimum atomic E-state index is 0.677. The van der Waals surface area contributed by atoms with Crippen LogP contribution in [0.4, 0.5) is 0 Å². The molecular formula is C11H23N. The molecule has 0 aromatic heterocycles. The van der Waals surface area contributed by atoms with Crippen LogP contribution in [0.1, 0.15) is 41.0 Å². The summed E-state index contributed by atoms with van der Waals surface area (Å²) in [5.74, 6) is 1.47.